The minimum absolute atomic E-state index is 0.00273. The number of Topliss-reactive ketones (excluding diaryl/α,β-unsaturated/α-hetero) is 1. The number of aliphatic hydroxyl groups excluding tert-OH is 1. The van der Waals surface area contributed by atoms with Crippen LogP contribution in [0.1, 0.15) is 26.8 Å². The van der Waals surface area contributed by atoms with Gasteiger partial charge in [-0.1, -0.05) is 24.3 Å². The van der Waals surface area contributed by atoms with E-state index in [9.17, 15) is 19.1 Å². The highest BCUT2D eigenvalue weighted by Gasteiger charge is 2.43. The molecular weight excluding hydrogens is 379 g/mol. The van der Waals surface area contributed by atoms with E-state index in [1.165, 1.54) is 40.5 Å². The summed E-state index contributed by atoms with van der Waals surface area (Å²) in [5, 5.41) is 12.3. The molecule has 0 saturated carbocycles. The monoisotopic (exact) mass is 394 g/mol. The Morgan fingerprint density at radius 3 is 2.61 bits per heavy atom. The second-order valence-corrected chi connectivity index (χ2v) is 7.26. The van der Waals surface area contributed by atoms with Gasteiger partial charge < -0.3 is 10.0 Å². The van der Waals surface area contributed by atoms with Gasteiger partial charge in [-0.05, 0) is 40.8 Å². The highest BCUT2D eigenvalue weighted by atomic mass is 32.1. The van der Waals surface area contributed by atoms with Crippen molar-refractivity contribution in [3.63, 3.8) is 0 Å². The molecule has 4 rings (SSSR count). The van der Waals surface area contributed by atoms with Crippen LogP contribution >= 0.6 is 11.3 Å². The van der Waals surface area contributed by atoms with Gasteiger partial charge in [-0.3, -0.25) is 14.6 Å². The molecule has 0 radical (unpaired) electrons. The van der Waals surface area contributed by atoms with Crippen molar-refractivity contribution < 1.29 is 19.1 Å². The first-order valence-corrected chi connectivity index (χ1v) is 9.41. The molecule has 3 heterocycles. The van der Waals surface area contributed by atoms with Crippen LogP contribution < -0.4 is 0 Å². The lowest BCUT2D eigenvalue weighted by Gasteiger charge is -2.26. The zero-order valence-electron chi connectivity index (χ0n) is 14.6. The SMILES string of the molecule is O=C(C1=C(O)C(=O)N(Cc2cccnc2)[C@H]1c1ccc(F)cc1)c1cccs1. The Bertz CT molecular complexity index is 1050. The lowest BCUT2D eigenvalue weighted by molar-refractivity contribution is -0.130. The van der Waals surface area contributed by atoms with Crippen LogP contribution in [0.25, 0.3) is 0 Å². The van der Waals surface area contributed by atoms with Crippen LogP contribution in [-0.2, 0) is 11.3 Å². The largest absolute Gasteiger partial charge is 0.503 e. The number of hydrogen-bond acceptors (Lipinski definition) is 5. The van der Waals surface area contributed by atoms with E-state index in [-0.39, 0.29) is 12.1 Å². The zero-order chi connectivity index (χ0) is 19.7. The number of aliphatic hydroxyl groups is 1. The van der Waals surface area contributed by atoms with Crippen LogP contribution in [0.3, 0.4) is 0 Å². The van der Waals surface area contributed by atoms with Gasteiger partial charge in [-0.25, -0.2) is 4.39 Å². The Labute approximate surface area is 164 Å². The Morgan fingerprint density at radius 1 is 1.18 bits per heavy atom. The van der Waals surface area contributed by atoms with Crippen LogP contribution in [0.4, 0.5) is 4.39 Å². The summed E-state index contributed by atoms with van der Waals surface area (Å²) in [4.78, 5) is 31.7. The number of pyridine rings is 1. The van der Waals surface area contributed by atoms with Crippen LogP contribution in [0.5, 0.6) is 0 Å². The van der Waals surface area contributed by atoms with Crippen LogP contribution in [0, 0.1) is 5.82 Å². The van der Waals surface area contributed by atoms with Gasteiger partial charge in [-0.15, -0.1) is 11.3 Å². The predicted molar refractivity (Wildman–Crippen MR) is 102 cm³/mol. The Morgan fingerprint density at radius 2 is 1.96 bits per heavy atom. The van der Waals surface area contributed by atoms with Gasteiger partial charge in [0.15, 0.2) is 5.76 Å². The molecule has 1 aliphatic rings. The van der Waals surface area contributed by atoms with E-state index in [0.29, 0.717) is 10.4 Å². The van der Waals surface area contributed by atoms with Crippen LogP contribution in [-0.4, -0.2) is 26.7 Å². The van der Waals surface area contributed by atoms with E-state index in [0.717, 1.165) is 5.56 Å². The van der Waals surface area contributed by atoms with Crippen LogP contribution in [0.15, 0.2) is 77.6 Å². The minimum Gasteiger partial charge on any atom is -0.503 e. The Balaban J connectivity index is 1.79. The van der Waals surface area contributed by atoms with Gasteiger partial charge in [-0.2, -0.15) is 0 Å². The molecule has 7 heteroatoms. The van der Waals surface area contributed by atoms with E-state index in [4.69, 9.17) is 0 Å². The second-order valence-electron chi connectivity index (χ2n) is 6.32. The van der Waals surface area contributed by atoms with Crippen molar-refractivity contribution in [2.24, 2.45) is 0 Å². The quantitative estimate of drug-likeness (QED) is 0.663. The highest BCUT2D eigenvalue weighted by Crippen LogP contribution is 2.40. The molecular formula is C21H15FN2O3S. The van der Waals surface area contributed by atoms with Gasteiger partial charge in [0.05, 0.1) is 16.5 Å². The summed E-state index contributed by atoms with van der Waals surface area (Å²) >= 11 is 1.23. The van der Waals surface area contributed by atoms with Gasteiger partial charge in [0.25, 0.3) is 5.91 Å². The summed E-state index contributed by atoms with van der Waals surface area (Å²) in [5.74, 6) is -2.05. The van der Waals surface area contributed by atoms with Crippen molar-refractivity contribution in [3.05, 3.63) is 99.5 Å². The lowest BCUT2D eigenvalue weighted by Crippen LogP contribution is -2.30. The first kappa shape index (κ1) is 18.1. The number of aromatic nitrogens is 1. The topological polar surface area (TPSA) is 70.5 Å². The molecule has 0 bridgehead atoms. The average Bonchev–Trinajstić information content (AvgIpc) is 3.33. The molecule has 5 nitrogen and oxygen atoms in total. The fraction of sp³-hybridized carbons (Fsp3) is 0.0952. The zero-order valence-corrected chi connectivity index (χ0v) is 15.4. The molecule has 1 N–H and O–H groups in total. The molecule has 0 aliphatic carbocycles. The summed E-state index contributed by atoms with van der Waals surface area (Å²) in [6.07, 6.45) is 3.24. The first-order chi connectivity index (χ1) is 13.6. The number of amides is 1. The van der Waals surface area contributed by atoms with E-state index < -0.39 is 29.3 Å². The van der Waals surface area contributed by atoms with Gasteiger partial charge in [0.1, 0.15) is 5.82 Å². The van der Waals surface area contributed by atoms with Crippen molar-refractivity contribution in [3.8, 4) is 0 Å². The number of rotatable bonds is 5. The number of carbonyl (C=O) groups excluding carboxylic acids is 2. The van der Waals surface area contributed by atoms with Gasteiger partial charge in [0, 0.05) is 18.9 Å². The third-order valence-corrected chi connectivity index (χ3v) is 5.42. The molecule has 0 spiro atoms. The fourth-order valence-corrected chi connectivity index (χ4v) is 3.95. The molecule has 0 saturated heterocycles. The predicted octanol–water partition coefficient (Wildman–Crippen LogP) is 4.06. The molecule has 140 valence electrons. The van der Waals surface area contributed by atoms with Crippen molar-refractivity contribution in [1.82, 2.24) is 9.88 Å². The number of carbonyl (C=O) groups is 2. The Hall–Kier alpha value is -3.32. The molecule has 2 aromatic heterocycles. The van der Waals surface area contributed by atoms with Crippen molar-refractivity contribution in [2.45, 2.75) is 12.6 Å². The van der Waals surface area contributed by atoms with Gasteiger partial charge >= 0.3 is 0 Å². The number of nitrogens with zero attached hydrogens (tertiary/aromatic N) is 2. The highest BCUT2D eigenvalue weighted by molar-refractivity contribution is 7.12. The standard InChI is InChI=1S/C21H15FN2O3S/c22-15-7-5-14(6-8-15)18-17(19(25)16-4-2-10-28-16)20(26)21(27)24(18)12-13-3-1-9-23-11-13/h1-11,18,26H,12H2/t18-/m0/s1. The van der Waals surface area contributed by atoms with Crippen molar-refractivity contribution >= 4 is 23.0 Å². The molecule has 0 unspecified atom stereocenters. The molecule has 3 aromatic rings. The Kier molecular flexibility index (Phi) is 4.75. The molecule has 1 aliphatic heterocycles. The number of ketones is 1. The lowest BCUT2D eigenvalue weighted by atomic mass is 9.95. The number of hydrogen-bond donors (Lipinski definition) is 1. The van der Waals surface area contributed by atoms with E-state index in [2.05, 4.69) is 4.98 Å². The third kappa shape index (κ3) is 3.20. The smallest absolute Gasteiger partial charge is 0.290 e. The maximum atomic E-state index is 13.4. The van der Waals surface area contributed by atoms with Gasteiger partial charge in [0.2, 0.25) is 5.78 Å². The molecule has 0 fully saturated rings. The van der Waals surface area contributed by atoms with Crippen molar-refractivity contribution in [2.75, 3.05) is 0 Å². The third-order valence-electron chi connectivity index (χ3n) is 4.55. The maximum Gasteiger partial charge on any atom is 0.290 e. The summed E-state index contributed by atoms with van der Waals surface area (Å²) in [5.41, 5.74) is 1.30. The molecule has 1 aromatic carbocycles. The number of halogens is 1. The minimum atomic E-state index is -0.817. The summed E-state index contributed by atoms with van der Waals surface area (Å²) in [7, 11) is 0. The van der Waals surface area contributed by atoms with E-state index in [1.807, 2.05) is 0 Å². The van der Waals surface area contributed by atoms with Crippen LogP contribution in [0.2, 0.25) is 0 Å². The van der Waals surface area contributed by atoms with E-state index >= 15 is 0 Å². The first-order valence-electron chi connectivity index (χ1n) is 8.53. The molecule has 1 atom stereocenters. The average molecular weight is 394 g/mol. The molecule has 1 amide bonds. The summed E-state index contributed by atoms with van der Waals surface area (Å²) in [6.45, 7) is 0.153. The number of benzene rings is 1. The molecule has 28 heavy (non-hydrogen) atoms. The normalized spacial score (nSPS) is 16.7. The maximum absolute atomic E-state index is 13.4. The van der Waals surface area contributed by atoms with Crippen molar-refractivity contribution in [1.29, 1.82) is 0 Å². The second kappa shape index (κ2) is 7.36. The summed E-state index contributed by atoms with van der Waals surface area (Å²) < 4.78 is 13.4. The fourth-order valence-electron chi connectivity index (χ4n) is 3.27. The van der Waals surface area contributed by atoms with E-state index in [1.54, 1.807) is 42.0 Å². The number of thiophene rings is 1. The summed E-state index contributed by atoms with van der Waals surface area (Å²) in [6, 6.07) is 11.7.